The number of imidazole rings is 1. The summed E-state index contributed by atoms with van der Waals surface area (Å²) in [4.78, 5) is 19.1. The number of carbonyl (C=O) groups is 1. The van der Waals surface area contributed by atoms with Crippen LogP contribution in [0.15, 0.2) is 24.3 Å². The van der Waals surface area contributed by atoms with Crippen molar-refractivity contribution in [1.29, 1.82) is 0 Å². The Morgan fingerprint density at radius 2 is 2.00 bits per heavy atom. The second kappa shape index (κ2) is 9.39. The van der Waals surface area contributed by atoms with Gasteiger partial charge in [0.15, 0.2) is 0 Å². The molecule has 1 aromatic heterocycles. The minimum atomic E-state index is 0.0182. The number of rotatable bonds is 10. The quantitative estimate of drug-likeness (QED) is 0.656. The Morgan fingerprint density at radius 3 is 2.71 bits per heavy atom. The van der Waals surface area contributed by atoms with Crippen molar-refractivity contribution < 1.29 is 4.79 Å². The lowest BCUT2D eigenvalue weighted by Crippen LogP contribution is -2.27. The highest BCUT2D eigenvalue weighted by atomic mass is 16.1. The van der Waals surface area contributed by atoms with Gasteiger partial charge in [-0.3, -0.25) is 10.1 Å². The van der Waals surface area contributed by atoms with Crippen LogP contribution in [0.2, 0.25) is 0 Å². The minimum absolute atomic E-state index is 0.0182. The van der Waals surface area contributed by atoms with Crippen LogP contribution in [0, 0.1) is 0 Å². The van der Waals surface area contributed by atoms with Gasteiger partial charge in [-0.1, -0.05) is 26.0 Å². The van der Waals surface area contributed by atoms with Crippen LogP contribution in [-0.4, -0.2) is 53.6 Å². The van der Waals surface area contributed by atoms with E-state index in [1.54, 1.807) is 0 Å². The Kier molecular flexibility index (Phi) is 7.21. The number of likely N-dealkylation sites (N-methyl/N-ethyl adjacent to an activating group) is 1. The number of aromatic nitrogens is 2. The molecule has 0 saturated heterocycles. The summed E-state index contributed by atoms with van der Waals surface area (Å²) in [5.41, 5.74) is 1.98. The Morgan fingerprint density at radius 1 is 1.25 bits per heavy atom. The van der Waals surface area contributed by atoms with Crippen molar-refractivity contribution in [3.05, 3.63) is 24.3 Å². The first-order valence-corrected chi connectivity index (χ1v) is 8.81. The van der Waals surface area contributed by atoms with E-state index in [2.05, 4.69) is 45.0 Å². The van der Waals surface area contributed by atoms with E-state index in [9.17, 15) is 4.79 Å². The van der Waals surface area contributed by atoms with E-state index in [-0.39, 0.29) is 5.91 Å². The van der Waals surface area contributed by atoms with Crippen molar-refractivity contribution in [2.45, 2.75) is 33.2 Å². The highest BCUT2D eigenvalue weighted by molar-refractivity contribution is 5.91. The lowest BCUT2D eigenvalue weighted by atomic mass is 10.3. The van der Waals surface area contributed by atoms with E-state index < -0.39 is 0 Å². The third kappa shape index (κ3) is 4.79. The highest BCUT2D eigenvalue weighted by Crippen LogP contribution is 2.19. The fraction of sp³-hybridized carbons (Fsp3) is 0.556. The Balaban J connectivity index is 2.15. The predicted molar refractivity (Wildman–Crippen MR) is 99.3 cm³/mol. The van der Waals surface area contributed by atoms with Crippen molar-refractivity contribution in [1.82, 2.24) is 19.8 Å². The van der Waals surface area contributed by atoms with Gasteiger partial charge in [0.25, 0.3) is 0 Å². The SMILES string of the molecule is CCN(CC)CCn1c(NC(=O)CCCNC)nc2ccccc21. The summed E-state index contributed by atoms with van der Waals surface area (Å²) >= 11 is 0. The fourth-order valence-corrected chi connectivity index (χ4v) is 2.79. The van der Waals surface area contributed by atoms with Gasteiger partial charge in [0.1, 0.15) is 0 Å². The third-order valence-corrected chi connectivity index (χ3v) is 4.27. The van der Waals surface area contributed by atoms with Crippen molar-refractivity contribution in [2.24, 2.45) is 0 Å². The molecule has 0 saturated carbocycles. The first-order chi connectivity index (χ1) is 11.7. The van der Waals surface area contributed by atoms with Crippen LogP contribution in [0.4, 0.5) is 5.95 Å². The third-order valence-electron chi connectivity index (χ3n) is 4.27. The van der Waals surface area contributed by atoms with Crippen LogP contribution in [0.1, 0.15) is 26.7 Å². The Hall–Kier alpha value is -1.92. The van der Waals surface area contributed by atoms with Gasteiger partial charge in [0.2, 0.25) is 11.9 Å². The average Bonchev–Trinajstić information content (AvgIpc) is 2.93. The molecule has 0 aliphatic carbocycles. The molecule has 1 amide bonds. The van der Waals surface area contributed by atoms with E-state index in [0.717, 1.165) is 50.2 Å². The number of anilines is 1. The topological polar surface area (TPSA) is 62.2 Å². The van der Waals surface area contributed by atoms with E-state index in [4.69, 9.17) is 0 Å². The van der Waals surface area contributed by atoms with E-state index >= 15 is 0 Å². The molecule has 6 heteroatoms. The molecule has 0 aliphatic rings. The minimum Gasteiger partial charge on any atom is -0.320 e. The first-order valence-electron chi connectivity index (χ1n) is 8.81. The average molecular weight is 331 g/mol. The molecule has 2 N–H and O–H groups in total. The van der Waals surface area contributed by atoms with Gasteiger partial charge in [0, 0.05) is 19.5 Å². The Labute approximate surface area is 144 Å². The summed E-state index contributed by atoms with van der Waals surface area (Å²) < 4.78 is 2.11. The second-order valence-corrected chi connectivity index (χ2v) is 5.86. The largest absolute Gasteiger partial charge is 0.320 e. The van der Waals surface area contributed by atoms with Gasteiger partial charge in [-0.2, -0.15) is 0 Å². The van der Waals surface area contributed by atoms with Crippen molar-refractivity contribution in [3.63, 3.8) is 0 Å². The second-order valence-electron chi connectivity index (χ2n) is 5.86. The van der Waals surface area contributed by atoms with Gasteiger partial charge >= 0.3 is 0 Å². The standard InChI is InChI=1S/C18H29N5O/c1-4-22(5-2)13-14-23-16-10-7-6-9-15(16)20-18(23)21-17(24)11-8-12-19-3/h6-7,9-10,19H,4-5,8,11-14H2,1-3H3,(H,20,21,24). The molecule has 0 radical (unpaired) electrons. The van der Waals surface area contributed by atoms with Crippen molar-refractivity contribution in [3.8, 4) is 0 Å². The number of nitrogens with zero attached hydrogens (tertiary/aromatic N) is 3. The van der Waals surface area contributed by atoms with Crippen LogP contribution < -0.4 is 10.6 Å². The molecule has 2 aromatic rings. The van der Waals surface area contributed by atoms with Crippen LogP contribution >= 0.6 is 0 Å². The summed E-state index contributed by atoms with van der Waals surface area (Å²) in [6, 6.07) is 8.03. The zero-order valence-electron chi connectivity index (χ0n) is 15.0. The lowest BCUT2D eigenvalue weighted by molar-refractivity contribution is -0.116. The predicted octanol–water partition coefficient (Wildman–Crippen LogP) is 2.32. The molecule has 0 unspecified atom stereocenters. The summed E-state index contributed by atoms with van der Waals surface area (Å²) in [5, 5.41) is 6.04. The van der Waals surface area contributed by atoms with Crippen LogP contribution in [0.3, 0.4) is 0 Å². The van der Waals surface area contributed by atoms with Crippen LogP contribution in [0.25, 0.3) is 11.0 Å². The smallest absolute Gasteiger partial charge is 0.226 e. The molecule has 0 spiro atoms. The maximum Gasteiger partial charge on any atom is 0.226 e. The van der Waals surface area contributed by atoms with Crippen molar-refractivity contribution in [2.75, 3.05) is 38.5 Å². The zero-order valence-corrected chi connectivity index (χ0v) is 15.0. The summed E-state index contributed by atoms with van der Waals surface area (Å²) in [6.45, 7) is 8.97. The maximum atomic E-state index is 12.2. The van der Waals surface area contributed by atoms with E-state index in [0.29, 0.717) is 12.4 Å². The summed E-state index contributed by atoms with van der Waals surface area (Å²) in [6.07, 6.45) is 1.32. The number of carbonyl (C=O) groups excluding carboxylic acids is 1. The Bertz CT molecular complexity index is 648. The van der Waals surface area contributed by atoms with Gasteiger partial charge in [0.05, 0.1) is 11.0 Å². The molecule has 0 aliphatic heterocycles. The number of hydrogen-bond donors (Lipinski definition) is 2. The van der Waals surface area contributed by atoms with Crippen LogP contribution in [-0.2, 0) is 11.3 Å². The molecule has 2 rings (SSSR count). The van der Waals surface area contributed by atoms with E-state index in [1.165, 1.54) is 0 Å². The number of nitrogens with one attached hydrogen (secondary N) is 2. The van der Waals surface area contributed by atoms with Crippen molar-refractivity contribution >= 4 is 22.9 Å². The molecule has 24 heavy (non-hydrogen) atoms. The maximum absolute atomic E-state index is 12.2. The molecule has 132 valence electrons. The first kappa shape index (κ1) is 18.4. The molecule has 1 heterocycles. The molecule has 6 nitrogen and oxygen atoms in total. The molecular formula is C18H29N5O. The van der Waals surface area contributed by atoms with Gasteiger partial charge in [-0.15, -0.1) is 0 Å². The van der Waals surface area contributed by atoms with Gasteiger partial charge < -0.3 is 14.8 Å². The normalized spacial score (nSPS) is 11.3. The number of para-hydroxylation sites is 2. The van der Waals surface area contributed by atoms with Gasteiger partial charge in [-0.05, 0) is 45.2 Å². The van der Waals surface area contributed by atoms with Gasteiger partial charge in [-0.25, -0.2) is 4.98 Å². The molecule has 0 atom stereocenters. The summed E-state index contributed by atoms with van der Waals surface area (Å²) in [5.74, 6) is 0.669. The number of fused-ring (bicyclic) bond motifs is 1. The monoisotopic (exact) mass is 331 g/mol. The highest BCUT2D eigenvalue weighted by Gasteiger charge is 2.13. The fourth-order valence-electron chi connectivity index (χ4n) is 2.79. The lowest BCUT2D eigenvalue weighted by Gasteiger charge is -2.19. The molecule has 0 fully saturated rings. The molecule has 0 bridgehead atoms. The molecular weight excluding hydrogens is 302 g/mol. The summed E-state index contributed by atoms with van der Waals surface area (Å²) in [7, 11) is 1.89. The number of hydrogen-bond acceptors (Lipinski definition) is 4. The molecule has 1 aromatic carbocycles. The zero-order chi connectivity index (χ0) is 17.4. The number of amides is 1. The number of benzene rings is 1. The van der Waals surface area contributed by atoms with Crippen LogP contribution in [0.5, 0.6) is 0 Å². The van der Waals surface area contributed by atoms with E-state index in [1.807, 2.05) is 25.2 Å².